The summed E-state index contributed by atoms with van der Waals surface area (Å²) >= 11 is 10.6. The fourth-order valence-corrected chi connectivity index (χ4v) is 1.08. The molecule has 0 saturated heterocycles. The van der Waals surface area contributed by atoms with E-state index in [1.807, 2.05) is 0 Å². The number of hydrogen-bond acceptors (Lipinski definition) is 2. The van der Waals surface area contributed by atoms with Crippen molar-refractivity contribution in [1.29, 1.82) is 0 Å². The average molecular weight is 199 g/mol. The van der Waals surface area contributed by atoms with Crippen LogP contribution in [-0.2, 0) is 9.08 Å². The lowest BCUT2D eigenvalue weighted by Crippen LogP contribution is -2.07. The molecule has 11 heavy (non-hydrogen) atoms. The van der Waals surface area contributed by atoms with Crippen molar-refractivity contribution in [3.8, 4) is 0 Å². The third-order valence-corrected chi connectivity index (χ3v) is 1.89. The van der Waals surface area contributed by atoms with Crippen molar-refractivity contribution in [3.05, 3.63) is 0 Å². The van der Waals surface area contributed by atoms with Crippen molar-refractivity contribution >= 4 is 29.4 Å². The second-order valence-corrected chi connectivity index (χ2v) is 3.16. The van der Waals surface area contributed by atoms with Crippen molar-refractivity contribution in [2.75, 3.05) is 0 Å². The molecule has 1 unspecified atom stereocenters. The molecule has 0 saturated carbocycles. The molecule has 0 aromatic rings. The maximum Gasteiger partial charge on any atom is 0.326 e. The van der Waals surface area contributed by atoms with Crippen LogP contribution in [0, 0.1) is 0 Å². The zero-order chi connectivity index (χ0) is 8.69. The van der Waals surface area contributed by atoms with Crippen LogP contribution in [0.5, 0.6) is 0 Å². The van der Waals surface area contributed by atoms with Gasteiger partial charge in [-0.2, -0.15) is 0 Å². The van der Waals surface area contributed by atoms with Gasteiger partial charge in [0.15, 0.2) is 0 Å². The van der Waals surface area contributed by atoms with E-state index in [0.717, 1.165) is 19.3 Å². The average Bonchev–Trinajstić information content (AvgIpc) is 2.00. The lowest BCUT2D eigenvalue weighted by Gasteiger charge is -2.04. The van der Waals surface area contributed by atoms with Gasteiger partial charge in [-0.05, 0) is 6.42 Å². The molecule has 0 radical (unpaired) electrons. The van der Waals surface area contributed by atoms with Gasteiger partial charge in [-0.1, -0.05) is 19.8 Å². The van der Waals surface area contributed by atoms with Gasteiger partial charge < -0.3 is 4.29 Å². The molecule has 0 aliphatic carbocycles. The molecule has 0 bridgehead atoms. The Labute approximate surface area is 77.0 Å². The predicted molar refractivity (Wildman–Crippen MR) is 45.7 cm³/mol. The summed E-state index contributed by atoms with van der Waals surface area (Å²) in [5.74, 6) is -0.456. The largest absolute Gasteiger partial charge is 0.348 e. The van der Waals surface area contributed by atoms with E-state index in [9.17, 15) is 4.79 Å². The van der Waals surface area contributed by atoms with E-state index >= 15 is 0 Å². The third-order valence-electron chi connectivity index (χ3n) is 1.35. The second-order valence-electron chi connectivity index (χ2n) is 2.39. The van der Waals surface area contributed by atoms with E-state index in [-0.39, 0.29) is 11.8 Å². The Bertz CT molecular complexity index is 117. The van der Waals surface area contributed by atoms with Crippen LogP contribution >= 0.6 is 23.5 Å². The molecule has 1 atom stereocenters. The normalized spacial score (nSPS) is 12.6. The van der Waals surface area contributed by atoms with Gasteiger partial charge in [0.1, 0.15) is 11.9 Å². The van der Waals surface area contributed by atoms with Crippen LogP contribution in [-0.4, -0.2) is 11.3 Å². The number of halogens is 2. The van der Waals surface area contributed by atoms with Crippen LogP contribution < -0.4 is 0 Å². The van der Waals surface area contributed by atoms with Gasteiger partial charge in [0.25, 0.3) is 0 Å². The van der Waals surface area contributed by atoms with Gasteiger partial charge in [-0.3, -0.25) is 4.79 Å². The highest BCUT2D eigenvalue weighted by atomic mass is 35.5. The molecule has 66 valence electrons. The summed E-state index contributed by atoms with van der Waals surface area (Å²) < 4.78 is 3.95. The molecule has 0 aromatic heterocycles. The highest BCUT2D eigenvalue weighted by Crippen LogP contribution is 2.12. The zero-order valence-electron chi connectivity index (χ0n) is 6.48. The number of alkyl halides is 1. The molecule has 0 aromatic carbocycles. The molecule has 4 heteroatoms. The number of carbonyl (C=O) groups is 1. The molecule has 0 rings (SSSR count). The summed E-state index contributed by atoms with van der Waals surface area (Å²) in [7, 11) is 0. The molecule has 0 heterocycles. The Balaban J connectivity index is 3.35. The van der Waals surface area contributed by atoms with E-state index in [4.69, 9.17) is 23.5 Å². The third kappa shape index (κ3) is 6.45. The van der Waals surface area contributed by atoms with E-state index in [2.05, 4.69) is 11.2 Å². The topological polar surface area (TPSA) is 26.3 Å². The van der Waals surface area contributed by atoms with Crippen molar-refractivity contribution < 1.29 is 9.08 Å². The van der Waals surface area contributed by atoms with E-state index in [1.165, 1.54) is 0 Å². The maximum atomic E-state index is 10.5. The van der Waals surface area contributed by atoms with Gasteiger partial charge in [-0.25, -0.2) is 0 Å². The number of rotatable bonds is 5. The Hall–Kier alpha value is 0.0500. The SMILES string of the molecule is CCCCC(Cl)CC(=O)OCl. The van der Waals surface area contributed by atoms with Crippen LogP contribution in [0.2, 0.25) is 0 Å². The van der Waals surface area contributed by atoms with E-state index in [0.29, 0.717) is 0 Å². The molecule has 0 N–H and O–H groups in total. The predicted octanol–water partition coefficient (Wildman–Crippen LogP) is 2.87. The molecule has 0 aliphatic heterocycles. The van der Waals surface area contributed by atoms with Crippen molar-refractivity contribution in [1.82, 2.24) is 0 Å². The standard InChI is InChI=1S/C7H12Cl2O2/c1-2-3-4-6(8)5-7(10)11-9/h6H,2-5H2,1H3. The van der Waals surface area contributed by atoms with Gasteiger partial charge >= 0.3 is 5.97 Å². The van der Waals surface area contributed by atoms with Gasteiger partial charge in [-0.15, -0.1) is 11.6 Å². The van der Waals surface area contributed by atoms with Crippen LogP contribution in [0.1, 0.15) is 32.6 Å². The van der Waals surface area contributed by atoms with E-state index in [1.54, 1.807) is 0 Å². The Morgan fingerprint density at radius 3 is 2.73 bits per heavy atom. The fourth-order valence-electron chi connectivity index (χ4n) is 0.740. The highest BCUT2D eigenvalue weighted by molar-refractivity contribution is 6.22. The number of carbonyl (C=O) groups excluding carboxylic acids is 1. The smallest absolute Gasteiger partial charge is 0.326 e. The first-order chi connectivity index (χ1) is 5.20. The maximum absolute atomic E-state index is 10.5. The summed E-state index contributed by atoms with van der Waals surface area (Å²) in [6.45, 7) is 2.07. The molecule has 0 spiro atoms. The fraction of sp³-hybridized carbons (Fsp3) is 0.857. The molecule has 0 fully saturated rings. The summed E-state index contributed by atoms with van der Waals surface area (Å²) in [5, 5.41) is -0.138. The van der Waals surface area contributed by atoms with Crippen molar-refractivity contribution in [2.45, 2.75) is 38.0 Å². The first-order valence-electron chi connectivity index (χ1n) is 3.66. The molecule has 0 aliphatic rings. The van der Waals surface area contributed by atoms with Crippen LogP contribution in [0.4, 0.5) is 0 Å². The van der Waals surface area contributed by atoms with Gasteiger partial charge in [0.2, 0.25) is 0 Å². The first kappa shape index (κ1) is 11.1. The highest BCUT2D eigenvalue weighted by Gasteiger charge is 2.10. The second kappa shape index (κ2) is 6.74. The lowest BCUT2D eigenvalue weighted by molar-refractivity contribution is -0.133. The minimum Gasteiger partial charge on any atom is -0.348 e. The summed E-state index contributed by atoms with van der Waals surface area (Å²) in [6.07, 6.45) is 3.15. The molecular weight excluding hydrogens is 187 g/mol. The van der Waals surface area contributed by atoms with Gasteiger partial charge in [0, 0.05) is 5.38 Å². The summed E-state index contributed by atoms with van der Waals surface area (Å²) in [5.41, 5.74) is 0. The summed E-state index contributed by atoms with van der Waals surface area (Å²) in [6, 6.07) is 0. The number of unbranched alkanes of at least 4 members (excludes halogenated alkanes) is 1. The van der Waals surface area contributed by atoms with E-state index < -0.39 is 5.97 Å². The van der Waals surface area contributed by atoms with Crippen molar-refractivity contribution in [2.24, 2.45) is 0 Å². The Morgan fingerprint density at radius 2 is 2.27 bits per heavy atom. The lowest BCUT2D eigenvalue weighted by atomic mass is 10.1. The molecule has 2 nitrogen and oxygen atoms in total. The Morgan fingerprint density at radius 1 is 1.64 bits per heavy atom. The monoisotopic (exact) mass is 198 g/mol. The zero-order valence-corrected chi connectivity index (χ0v) is 7.99. The minimum atomic E-state index is -0.456. The molecular formula is C7H12Cl2O2. The molecule has 0 amide bonds. The quantitative estimate of drug-likeness (QED) is 0.636. The number of hydrogen-bond donors (Lipinski definition) is 0. The van der Waals surface area contributed by atoms with Crippen LogP contribution in [0.3, 0.4) is 0 Å². The van der Waals surface area contributed by atoms with Crippen molar-refractivity contribution in [3.63, 3.8) is 0 Å². The van der Waals surface area contributed by atoms with Gasteiger partial charge in [0.05, 0.1) is 6.42 Å². The first-order valence-corrected chi connectivity index (χ1v) is 4.40. The van der Waals surface area contributed by atoms with Crippen LogP contribution in [0.25, 0.3) is 0 Å². The van der Waals surface area contributed by atoms with Crippen LogP contribution in [0.15, 0.2) is 0 Å². The minimum absolute atomic E-state index is 0.138. The summed E-state index contributed by atoms with van der Waals surface area (Å²) in [4.78, 5) is 10.5. The Kier molecular flexibility index (Phi) is 6.77.